The van der Waals surface area contributed by atoms with E-state index in [0.717, 1.165) is 39.1 Å². The molecule has 0 unspecified atom stereocenters. The number of carboxylic acid groups (broad SMARTS) is 1. The smallest absolute Gasteiger partial charge is 0.341 e. The van der Waals surface area contributed by atoms with E-state index in [2.05, 4.69) is 6.92 Å². The standard InChI is InChI=1S/C25H27NO4/c1-14-6-7-19(10-15(14)2)25-22(27)9-8-20(26-25)12-21-16(3)11-23(18(5)17(21)4)30-13-24(28)29/h6-11,27H,12-13H2,1-5H3,(H,28,29). The van der Waals surface area contributed by atoms with Gasteiger partial charge in [-0.05, 0) is 92.3 Å². The van der Waals surface area contributed by atoms with Gasteiger partial charge in [0, 0.05) is 17.7 Å². The Balaban J connectivity index is 1.96. The molecule has 3 rings (SSSR count). The summed E-state index contributed by atoms with van der Waals surface area (Å²) in [7, 11) is 0. The maximum atomic E-state index is 10.8. The first-order chi connectivity index (χ1) is 14.2. The summed E-state index contributed by atoms with van der Waals surface area (Å²) >= 11 is 0. The molecule has 0 aliphatic heterocycles. The van der Waals surface area contributed by atoms with Gasteiger partial charge in [-0.1, -0.05) is 12.1 Å². The molecule has 0 radical (unpaired) electrons. The van der Waals surface area contributed by atoms with E-state index in [0.29, 0.717) is 17.9 Å². The summed E-state index contributed by atoms with van der Waals surface area (Å²) in [6.07, 6.45) is 0.607. The lowest BCUT2D eigenvalue weighted by molar-refractivity contribution is -0.139. The van der Waals surface area contributed by atoms with Crippen LogP contribution in [0.5, 0.6) is 11.5 Å². The molecule has 0 bridgehead atoms. The van der Waals surface area contributed by atoms with E-state index >= 15 is 0 Å². The number of benzene rings is 2. The number of ether oxygens (including phenoxy) is 1. The molecule has 2 aromatic carbocycles. The molecule has 156 valence electrons. The first-order valence-corrected chi connectivity index (χ1v) is 9.88. The van der Waals surface area contributed by atoms with E-state index in [-0.39, 0.29) is 12.4 Å². The van der Waals surface area contributed by atoms with Gasteiger partial charge in [-0.15, -0.1) is 0 Å². The molecule has 0 fully saturated rings. The summed E-state index contributed by atoms with van der Waals surface area (Å²) in [6.45, 7) is 9.66. The fourth-order valence-electron chi connectivity index (χ4n) is 3.53. The molecule has 0 atom stereocenters. The molecule has 3 aromatic rings. The van der Waals surface area contributed by atoms with E-state index in [9.17, 15) is 9.90 Å². The lowest BCUT2D eigenvalue weighted by Gasteiger charge is -2.17. The van der Waals surface area contributed by atoms with Crippen LogP contribution in [0.4, 0.5) is 0 Å². The molecule has 5 nitrogen and oxygen atoms in total. The first-order valence-electron chi connectivity index (χ1n) is 9.88. The van der Waals surface area contributed by atoms with Gasteiger partial charge in [-0.2, -0.15) is 0 Å². The number of carboxylic acids is 1. The highest BCUT2D eigenvalue weighted by molar-refractivity contribution is 5.69. The van der Waals surface area contributed by atoms with Crippen molar-refractivity contribution in [3.63, 3.8) is 0 Å². The lowest BCUT2D eigenvalue weighted by Crippen LogP contribution is -2.11. The highest BCUT2D eigenvalue weighted by atomic mass is 16.5. The van der Waals surface area contributed by atoms with E-state index in [1.165, 1.54) is 5.56 Å². The van der Waals surface area contributed by atoms with Crippen molar-refractivity contribution in [2.75, 3.05) is 6.61 Å². The molecule has 30 heavy (non-hydrogen) atoms. The van der Waals surface area contributed by atoms with Crippen LogP contribution in [0.3, 0.4) is 0 Å². The molecule has 0 aliphatic rings. The molecule has 1 heterocycles. The number of aliphatic carboxylic acids is 1. The number of aryl methyl sites for hydroxylation is 3. The minimum atomic E-state index is -0.999. The zero-order chi connectivity index (χ0) is 22.0. The Morgan fingerprint density at radius 2 is 1.67 bits per heavy atom. The van der Waals surface area contributed by atoms with Crippen LogP contribution in [-0.4, -0.2) is 27.8 Å². The van der Waals surface area contributed by atoms with Crippen molar-refractivity contribution < 1.29 is 19.7 Å². The van der Waals surface area contributed by atoms with Crippen molar-refractivity contribution in [1.29, 1.82) is 0 Å². The van der Waals surface area contributed by atoms with Gasteiger partial charge in [0.1, 0.15) is 17.2 Å². The third kappa shape index (κ3) is 4.46. The Bertz CT molecular complexity index is 1120. The average molecular weight is 405 g/mol. The summed E-state index contributed by atoms with van der Waals surface area (Å²) in [6, 6.07) is 11.5. The maximum absolute atomic E-state index is 10.8. The van der Waals surface area contributed by atoms with Crippen LogP contribution in [0.1, 0.15) is 39.1 Å². The summed E-state index contributed by atoms with van der Waals surface area (Å²) in [5, 5.41) is 19.3. The Morgan fingerprint density at radius 3 is 2.33 bits per heavy atom. The molecule has 0 aliphatic carbocycles. The van der Waals surface area contributed by atoms with Crippen molar-refractivity contribution in [2.45, 2.75) is 41.0 Å². The zero-order valence-electron chi connectivity index (χ0n) is 18.0. The van der Waals surface area contributed by atoms with Crippen molar-refractivity contribution in [1.82, 2.24) is 4.98 Å². The van der Waals surface area contributed by atoms with Gasteiger partial charge in [-0.25, -0.2) is 9.78 Å². The Kier molecular flexibility index (Phi) is 6.11. The Morgan fingerprint density at radius 1 is 0.933 bits per heavy atom. The number of nitrogens with zero attached hydrogens (tertiary/aromatic N) is 1. The number of aromatic hydroxyl groups is 1. The highest BCUT2D eigenvalue weighted by Gasteiger charge is 2.15. The normalized spacial score (nSPS) is 10.8. The highest BCUT2D eigenvalue weighted by Crippen LogP contribution is 2.32. The van der Waals surface area contributed by atoms with E-state index in [4.69, 9.17) is 14.8 Å². The van der Waals surface area contributed by atoms with Gasteiger partial charge >= 0.3 is 5.97 Å². The van der Waals surface area contributed by atoms with Gasteiger partial charge in [-0.3, -0.25) is 0 Å². The Labute approximate surface area is 177 Å². The second-order valence-electron chi connectivity index (χ2n) is 7.75. The van der Waals surface area contributed by atoms with Crippen LogP contribution in [0.25, 0.3) is 11.3 Å². The van der Waals surface area contributed by atoms with Crippen LogP contribution in [0.15, 0.2) is 36.4 Å². The summed E-state index contributed by atoms with van der Waals surface area (Å²) < 4.78 is 5.43. The zero-order valence-corrected chi connectivity index (χ0v) is 18.0. The quantitative estimate of drug-likeness (QED) is 0.600. The van der Waals surface area contributed by atoms with Crippen molar-refractivity contribution in [3.05, 3.63) is 75.5 Å². The predicted octanol–water partition coefficient (Wildman–Crippen LogP) is 5.05. The van der Waals surface area contributed by atoms with Gasteiger partial charge in [0.2, 0.25) is 0 Å². The molecule has 0 amide bonds. The van der Waals surface area contributed by atoms with Gasteiger partial charge in [0.25, 0.3) is 0 Å². The van der Waals surface area contributed by atoms with E-state index < -0.39 is 5.97 Å². The monoisotopic (exact) mass is 405 g/mol. The third-order valence-electron chi connectivity index (χ3n) is 5.63. The largest absolute Gasteiger partial charge is 0.506 e. The van der Waals surface area contributed by atoms with Crippen LogP contribution < -0.4 is 4.74 Å². The summed E-state index contributed by atoms with van der Waals surface area (Å²) in [5.41, 5.74) is 8.78. The van der Waals surface area contributed by atoms with Crippen molar-refractivity contribution in [2.24, 2.45) is 0 Å². The molecule has 2 N–H and O–H groups in total. The molecule has 1 aromatic heterocycles. The van der Waals surface area contributed by atoms with Crippen LogP contribution >= 0.6 is 0 Å². The topological polar surface area (TPSA) is 79.7 Å². The minimum Gasteiger partial charge on any atom is -0.506 e. The van der Waals surface area contributed by atoms with Gasteiger partial charge < -0.3 is 14.9 Å². The molecule has 0 saturated heterocycles. The summed E-state index contributed by atoms with van der Waals surface area (Å²) in [5.74, 6) is -0.254. The number of hydrogen-bond acceptors (Lipinski definition) is 4. The van der Waals surface area contributed by atoms with Gasteiger partial charge in [0.05, 0.1) is 0 Å². The lowest BCUT2D eigenvalue weighted by atomic mass is 9.93. The fourth-order valence-corrected chi connectivity index (χ4v) is 3.53. The second kappa shape index (κ2) is 8.57. The van der Waals surface area contributed by atoms with Crippen LogP contribution in [0, 0.1) is 34.6 Å². The predicted molar refractivity (Wildman–Crippen MR) is 117 cm³/mol. The number of carbonyl (C=O) groups is 1. The van der Waals surface area contributed by atoms with E-state index in [1.807, 2.05) is 58.0 Å². The summed E-state index contributed by atoms with van der Waals surface area (Å²) in [4.78, 5) is 15.6. The SMILES string of the molecule is Cc1ccc(-c2nc(Cc3c(C)cc(OCC(=O)O)c(C)c3C)ccc2O)cc1C. The number of aromatic nitrogens is 1. The van der Waals surface area contributed by atoms with Crippen LogP contribution in [0.2, 0.25) is 0 Å². The van der Waals surface area contributed by atoms with Crippen molar-refractivity contribution in [3.8, 4) is 22.8 Å². The third-order valence-corrected chi connectivity index (χ3v) is 5.63. The fraction of sp³-hybridized carbons (Fsp3) is 0.280. The van der Waals surface area contributed by atoms with E-state index in [1.54, 1.807) is 6.07 Å². The minimum absolute atomic E-state index is 0.157. The molecular formula is C25H27NO4. The van der Waals surface area contributed by atoms with Gasteiger partial charge in [0.15, 0.2) is 6.61 Å². The molecular weight excluding hydrogens is 378 g/mol. The molecule has 0 saturated carbocycles. The second-order valence-corrected chi connectivity index (χ2v) is 7.75. The number of pyridine rings is 1. The number of rotatable bonds is 6. The van der Waals surface area contributed by atoms with Crippen LogP contribution in [-0.2, 0) is 11.2 Å². The first kappa shape index (κ1) is 21.4. The van der Waals surface area contributed by atoms with Crippen molar-refractivity contribution >= 4 is 5.97 Å². The molecule has 0 spiro atoms. The molecule has 5 heteroatoms. The average Bonchev–Trinajstić information content (AvgIpc) is 2.70. The number of hydrogen-bond donors (Lipinski definition) is 2. The maximum Gasteiger partial charge on any atom is 0.341 e. The Hall–Kier alpha value is -3.34.